The molecule has 0 radical (unpaired) electrons. The minimum atomic E-state index is 0.854. The van der Waals surface area contributed by atoms with E-state index < -0.39 is 0 Å². The van der Waals surface area contributed by atoms with Gasteiger partial charge in [0.15, 0.2) is 9.47 Å². The Morgan fingerprint density at radius 3 is 3.06 bits per heavy atom. The standard InChI is InChI=1S/C10H14N4S3/c1-3-4-11-9-12-5-8(16-9)6-15-10-13-7(2)14-17-10/h5H,3-4,6H2,1-2H3,(H,11,12). The summed E-state index contributed by atoms with van der Waals surface area (Å²) >= 11 is 4.89. The summed E-state index contributed by atoms with van der Waals surface area (Å²) in [5.74, 6) is 1.77. The second kappa shape index (κ2) is 6.32. The molecule has 2 heterocycles. The van der Waals surface area contributed by atoms with Crippen LogP contribution in [0.15, 0.2) is 10.5 Å². The molecule has 0 amide bonds. The van der Waals surface area contributed by atoms with Crippen LogP contribution in [-0.2, 0) is 5.75 Å². The number of hydrogen-bond donors (Lipinski definition) is 1. The van der Waals surface area contributed by atoms with Crippen molar-refractivity contribution in [3.8, 4) is 0 Å². The third kappa shape index (κ3) is 3.93. The zero-order valence-corrected chi connectivity index (χ0v) is 12.2. The van der Waals surface area contributed by atoms with Gasteiger partial charge in [0.05, 0.1) is 0 Å². The third-order valence-electron chi connectivity index (χ3n) is 1.93. The molecule has 0 fully saturated rings. The number of thiazole rings is 1. The van der Waals surface area contributed by atoms with Gasteiger partial charge in [0.25, 0.3) is 0 Å². The van der Waals surface area contributed by atoms with Gasteiger partial charge in [-0.2, -0.15) is 4.37 Å². The number of nitrogens with one attached hydrogen (secondary N) is 1. The van der Waals surface area contributed by atoms with Crippen LogP contribution in [0, 0.1) is 6.92 Å². The predicted molar refractivity (Wildman–Crippen MR) is 75.1 cm³/mol. The maximum atomic E-state index is 4.33. The lowest BCUT2D eigenvalue weighted by Crippen LogP contribution is -1.97. The van der Waals surface area contributed by atoms with E-state index in [1.165, 1.54) is 16.4 Å². The van der Waals surface area contributed by atoms with Crippen molar-refractivity contribution in [2.75, 3.05) is 11.9 Å². The lowest BCUT2D eigenvalue weighted by atomic mass is 10.5. The molecule has 0 aliphatic carbocycles. The van der Waals surface area contributed by atoms with Crippen molar-refractivity contribution in [3.05, 3.63) is 16.9 Å². The molecule has 2 aromatic rings. The molecule has 2 rings (SSSR count). The average Bonchev–Trinajstić information content (AvgIpc) is 2.93. The molecule has 0 aliphatic rings. The maximum absolute atomic E-state index is 4.33. The molecule has 4 nitrogen and oxygen atoms in total. The zero-order valence-electron chi connectivity index (χ0n) is 9.77. The van der Waals surface area contributed by atoms with Crippen LogP contribution in [0.25, 0.3) is 0 Å². The van der Waals surface area contributed by atoms with Crippen LogP contribution in [-0.4, -0.2) is 20.9 Å². The first-order chi connectivity index (χ1) is 8.28. The minimum absolute atomic E-state index is 0.854. The predicted octanol–water partition coefficient (Wildman–Crippen LogP) is 3.42. The summed E-state index contributed by atoms with van der Waals surface area (Å²) in [7, 11) is 0. The Labute approximate surface area is 113 Å². The van der Waals surface area contributed by atoms with E-state index in [-0.39, 0.29) is 0 Å². The summed E-state index contributed by atoms with van der Waals surface area (Å²) in [5.41, 5.74) is 0. The van der Waals surface area contributed by atoms with Crippen molar-refractivity contribution >= 4 is 39.8 Å². The van der Waals surface area contributed by atoms with E-state index in [4.69, 9.17) is 0 Å². The van der Waals surface area contributed by atoms with Gasteiger partial charge in [-0.3, -0.25) is 0 Å². The fourth-order valence-corrected chi connectivity index (χ4v) is 3.66. The van der Waals surface area contributed by atoms with E-state index in [1.807, 2.05) is 13.1 Å². The summed E-state index contributed by atoms with van der Waals surface area (Å²) in [6.45, 7) is 5.05. The van der Waals surface area contributed by atoms with Crippen LogP contribution >= 0.6 is 34.6 Å². The fraction of sp³-hybridized carbons (Fsp3) is 0.500. The van der Waals surface area contributed by atoms with Crippen molar-refractivity contribution < 1.29 is 0 Å². The van der Waals surface area contributed by atoms with E-state index in [1.54, 1.807) is 23.1 Å². The zero-order chi connectivity index (χ0) is 12.1. The summed E-state index contributed by atoms with van der Waals surface area (Å²) in [6.07, 6.45) is 3.05. The van der Waals surface area contributed by atoms with Gasteiger partial charge in [-0.25, -0.2) is 9.97 Å². The first kappa shape index (κ1) is 12.8. The molecule has 0 atom stereocenters. The van der Waals surface area contributed by atoms with Crippen molar-refractivity contribution in [1.29, 1.82) is 0 Å². The second-order valence-corrected chi connectivity index (χ2v) is 6.54. The topological polar surface area (TPSA) is 50.7 Å². The van der Waals surface area contributed by atoms with E-state index in [0.717, 1.165) is 34.0 Å². The van der Waals surface area contributed by atoms with Crippen molar-refractivity contribution in [2.45, 2.75) is 30.4 Å². The van der Waals surface area contributed by atoms with E-state index in [2.05, 4.69) is 26.6 Å². The fourth-order valence-electron chi connectivity index (χ4n) is 1.16. The van der Waals surface area contributed by atoms with Crippen LogP contribution in [0.4, 0.5) is 5.13 Å². The Morgan fingerprint density at radius 2 is 2.35 bits per heavy atom. The number of hydrogen-bond acceptors (Lipinski definition) is 7. The molecular weight excluding hydrogens is 272 g/mol. The van der Waals surface area contributed by atoms with Gasteiger partial charge >= 0.3 is 0 Å². The number of thioether (sulfide) groups is 1. The first-order valence-corrected chi connectivity index (χ1v) is 7.97. The Bertz CT molecular complexity index is 466. The van der Waals surface area contributed by atoms with Crippen molar-refractivity contribution in [3.63, 3.8) is 0 Å². The molecule has 0 aliphatic heterocycles. The Kier molecular flexibility index (Phi) is 4.75. The van der Waals surface area contributed by atoms with Gasteiger partial charge in [0.2, 0.25) is 0 Å². The monoisotopic (exact) mass is 286 g/mol. The summed E-state index contributed by atoms with van der Waals surface area (Å²) in [5, 5.41) is 4.30. The first-order valence-electron chi connectivity index (χ1n) is 5.39. The summed E-state index contributed by atoms with van der Waals surface area (Å²) < 4.78 is 5.19. The Morgan fingerprint density at radius 1 is 1.47 bits per heavy atom. The van der Waals surface area contributed by atoms with Crippen molar-refractivity contribution in [1.82, 2.24) is 14.3 Å². The minimum Gasteiger partial charge on any atom is -0.362 e. The van der Waals surface area contributed by atoms with Crippen LogP contribution < -0.4 is 5.32 Å². The molecule has 2 aromatic heterocycles. The van der Waals surface area contributed by atoms with E-state index in [9.17, 15) is 0 Å². The molecule has 0 unspecified atom stereocenters. The van der Waals surface area contributed by atoms with Crippen LogP contribution in [0.5, 0.6) is 0 Å². The van der Waals surface area contributed by atoms with Gasteiger partial charge in [-0.15, -0.1) is 11.3 Å². The Balaban J connectivity index is 1.84. The van der Waals surface area contributed by atoms with Crippen LogP contribution in [0.3, 0.4) is 0 Å². The highest BCUT2D eigenvalue weighted by atomic mass is 32.2. The van der Waals surface area contributed by atoms with Crippen LogP contribution in [0.2, 0.25) is 0 Å². The van der Waals surface area contributed by atoms with Gasteiger partial charge in [-0.1, -0.05) is 18.7 Å². The molecule has 0 spiro atoms. The Hall–Kier alpha value is -0.660. The molecule has 0 bridgehead atoms. The highest BCUT2D eigenvalue weighted by Gasteiger charge is 2.05. The highest BCUT2D eigenvalue weighted by molar-refractivity contribution is 8.00. The molecule has 7 heteroatoms. The van der Waals surface area contributed by atoms with Crippen molar-refractivity contribution in [2.24, 2.45) is 0 Å². The number of nitrogens with zero attached hydrogens (tertiary/aromatic N) is 3. The largest absolute Gasteiger partial charge is 0.362 e. The normalized spacial score (nSPS) is 10.7. The van der Waals surface area contributed by atoms with Gasteiger partial charge in [-0.05, 0) is 24.9 Å². The summed E-state index contributed by atoms with van der Waals surface area (Å²) in [4.78, 5) is 9.92. The molecule has 1 N–H and O–H groups in total. The number of aromatic nitrogens is 3. The lowest BCUT2D eigenvalue weighted by Gasteiger charge is -1.96. The molecule has 92 valence electrons. The SMILES string of the molecule is CCCNc1ncc(CSc2nc(C)ns2)s1. The molecule has 0 aromatic carbocycles. The average molecular weight is 286 g/mol. The van der Waals surface area contributed by atoms with Gasteiger partial charge in [0.1, 0.15) is 5.82 Å². The van der Waals surface area contributed by atoms with Gasteiger partial charge < -0.3 is 5.32 Å². The third-order valence-corrected chi connectivity index (χ3v) is 5.04. The molecule has 0 saturated carbocycles. The number of aryl methyl sites for hydroxylation is 1. The quantitative estimate of drug-likeness (QED) is 0.825. The molecular formula is C10H14N4S3. The van der Waals surface area contributed by atoms with Gasteiger partial charge in [0, 0.05) is 23.4 Å². The smallest absolute Gasteiger partial charge is 0.182 e. The van der Waals surface area contributed by atoms with E-state index >= 15 is 0 Å². The summed E-state index contributed by atoms with van der Waals surface area (Å²) in [6, 6.07) is 0. The van der Waals surface area contributed by atoms with E-state index in [0.29, 0.717) is 0 Å². The molecule has 0 saturated heterocycles. The number of anilines is 1. The maximum Gasteiger partial charge on any atom is 0.182 e. The lowest BCUT2D eigenvalue weighted by molar-refractivity contribution is 0.976. The van der Waals surface area contributed by atoms with Crippen LogP contribution in [0.1, 0.15) is 24.0 Å². The molecule has 17 heavy (non-hydrogen) atoms. The number of rotatable bonds is 6. The second-order valence-electron chi connectivity index (χ2n) is 3.45. The highest BCUT2D eigenvalue weighted by Crippen LogP contribution is 2.28.